The lowest BCUT2D eigenvalue weighted by atomic mass is 9.77. The zero-order valence-corrected chi connectivity index (χ0v) is 28.9. The maximum absolute atomic E-state index is 16.9. The van der Waals surface area contributed by atoms with Gasteiger partial charge in [0.1, 0.15) is 34.5 Å². The molecule has 1 saturated carbocycles. The summed E-state index contributed by atoms with van der Waals surface area (Å²) >= 11 is 7.68. The van der Waals surface area contributed by atoms with Crippen LogP contribution in [0, 0.1) is 40.4 Å². The fourth-order valence-corrected chi connectivity index (χ4v) is 8.39. The van der Waals surface area contributed by atoms with Crippen molar-refractivity contribution < 1.29 is 31.5 Å². The third-order valence-corrected chi connectivity index (χ3v) is 11.3. The number of fused-ring (bicyclic) bond motifs is 2. The number of nitrogen functional groups attached to an aromatic ring is 1. The third-order valence-electron chi connectivity index (χ3n) is 10.0. The van der Waals surface area contributed by atoms with Gasteiger partial charge in [-0.25, -0.2) is 22.4 Å². The molecule has 3 atom stereocenters. The third kappa shape index (κ3) is 5.46. The summed E-state index contributed by atoms with van der Waals surface area (Å²) in [5.41, 5.74) is 4.35. The number of hydrogen-bond acceptors (Lipinski definition) is 10. The number of ether oxygens (including phenoxy) is 1. The van der Waals surface area contributed by atoms with Crippen LogP contribution in [0.1, 0.15) is 38.7 Å². The van der Waals surface area contributed by atoms with Crippen LogP contribution in [-0.4, -0.2) is 74.4 Å². The number of nitrogens with two attached hydrogens (primary N) is 1. The Balaban J connectivity index is 1.34. The van der Waals surface area contributed by atoms with Crippen LogP contribution in [-0.2, 0) is 0 Å². The molecule has 5 aromatic rings. The molecule has 1 aliphatic heterocycles. The zero-order valence-electron chi connectivity index (χ0n) is 27.3. The number of thiophene rings is 1. The number of alkyl halides is 2. The predicted octanol–water partition coefficient (Wildman–Crippen LogP) is 7.26. The van der Waals surface area contributed by atoms with E-state index >= 15 is 4.39 Å². The zero-order chi connectivity index (χ0) is 36.5. The first-order valence-electron chi connectivity index (χ1n) is 15.9. The van der Waals surface area contributed by atoms with Gasteiger partial charge in [0.15, 0.2) is 5.82 Å². The first-order chi connectivity index (χ1) is 24.3. The molecule has 266 valence electrons. The Morgan fingerprint density at radius 3 is 2.63 bits per heavy atom. The number of benzene rings is 2. The minimum atomic E-state index is -2.73. The average molecular weight is 746 g/mol. The second-order valence-corrected chi connectivity index (χ2v) is 14.2. The maximum atomic E-state index is 16.9. The van der Waals surface area contributed by atoms with Crippen LogP contribution in [0.25, 0.3) is 32.1 Å². The summed E-state index contributed by atoms with van der Waals surface area (Å²) in [4.78, 5) is 28.6. The van der Waals surface area contributed by atoms with E-state index in [9.17, 15) is 27.6 Å². The van der Waals surface area contributed by atoms with Crippen LogP contribution in [0.3, 0.4) is 0 Å². The van der Waals surface area contributed by atoms with Gasteiger partial charge in [0.05, 0.1) is 33.9 Å². The van der Waals surface area contributed by atoms with E-state index in [-0.39, 0.29) is 91.5 Å². The monoisotopic (exact) mass is 745 g/mol. The Labute approximate surface area is 296 Å². The Kier molecular flexibility index (Phi) is 8.65. The number of carbonyl (C=O) groups is 1. The van der Waals surface area contributed by atoms with Crippen molar-refractivity contribution in [3.8, 4) is 23.2 Å². The van der Waals surface area contributed by atoms with Gasteiger partial charge in [-0.3, -0.25) is 0 Å². The molecule has 1 amide bonds. The maximum Gasteiger partial charge on any atom is 0.346 e. The summed E-state index contributed by atoms with van der Waals surface area (Å²) in [6.07, 6.45) is -2.01. The number of halogens is 6. The van der Waals surface area contributed by atoms with Crippen molar-refractivity contribution >= 4 is 60.8 Å². The van der Waals surface area contributed by atoms with Crippen molar-refractivity contribution in [1.29, 1.82) is 5.26 Å². The standard InChI is InChI=1S/C33H29ClF5N9O2S/c1-4-14(2)46(11-15-12-47(26(15)33(7-8-33)29(37)38)32(49)48-13-42-30(39)45-48)28-17-9-19(34)22(23(36)24(17)43-31(44-28)50-3)16-5-6-20(35)25-21(16)18(10-40)27(41)51-25/h5-6,9,13-15,26,29H,4,7-8,11-12,41H2,1-3H3. The molecule has 51 heavy (non-hydrogen) atoms. The van der Waals surface area contributed by atoms with Gasteiger partial charge in [-0.2, -0.15) is 29.3 Å². The molecular formula is C33H29ClF5N9O2S. The van der Waals surface area contributed by atoms with E-state index in [0.717, 1.165) is 23.7 Å². The summed E-state index contributed by atoms with van der Waals surface area (Å²) in [6.45, 7) is 3.98. The molecule has 2 fully saturated rings. The Hall–Kier alpha value is -4.82. The number of hydrogen-bond donors (Lipinski definition) is 1. The highest BCUT2D eigenvalue weighted by Gasteiger charge is 2.65. The molecule has 0 radical (unpaired) electrons. The normalized spacial score (nSPS) is 18.6. The van der Waals surface area contributed by atoms with E-state index in [0.29, 0.717) is 11.1 Å². The molecule has 11 nitrogen and oxygen atoms in total. The van der Waals surface area contributed by atoms with Gasteiger partial charge in [0.25, 0.3) is 0 Å². The van der Waals surface area contributed by atoms with Crippen molar-refractivity contribution in [2.24, 2.45) is 11.3 Å². The molecule has 18 heteroatoms. The molecule has 4 heterocycles. The summed E-state index contributed by atoms with van der Waals surface area (Å²) < 4.78 is 80.6. The largest absolute Gasteiger partial charge is 0.467 e. The number of likely N-dealkylation sites (tertiary alicyclic amines) is 1. The highest BCUT2D eigenvalue weighted by atomic mass is 35.5. The lowest BCUT2D eigenvalue weighted by molar-refractivity contribution is -0.0634. The minimum absolute atomic E-state index is 0.0160. The topological polar surface area (TPSA) is 139 Å². The van der Waals surface area contributed by atoms with Crippen molar-refractivity contribution in [3.63, 3.8) is 0 Å². The molecular weight excluding hydrogens is 717 g/mol. The van der Waals surface area contributed by atoms with Crippen LogP contribution < -0.4 is 15.4 Å². The molecule has 3 unspecified atom stereocenters. The number of methoxy groups -OCH3 is 1. The lowest BCUT2D eigenvalue weighted by Crippen LogP contribution is -2.67. The van der Waals surface area contributed by atoms with Gasteiger partial charge >= 0.3 is 18.1 Å². The number of anilines is 2. The van der Waals surface area contributed by atoms with Crippen molar-refractivity contribution in [2.75, 3.05) is 30.8 Å². The van der Waals surface area contributed by atoms with E-state index < -0.39 is 47.5 Å². The number of amides is 1. The smallest absolute Gasteiger partial charge is 0.346 e. The van der Waals surface area contributed by atoms with E-state index in [4.69, 9.17) is 22.1 Å². The quantitative estimate of drug-likeness (QED) is 0.155. The summed E-state index contributed by atoms with van der Waals surface area (Å²) in [7, 11) is 1.31. The second-order valence-electron chi connectivity index (χ2n) is 12.8. The fraction of sp³-hybridized carbons (Fsp3) is 0.394. The van der Waals surface area contributed by atoms with Crippen LogP contribution >= 0.6 is 22.9 Å². The number of aromatic nitrogens is 5. The van der Waals surface area contributed by atoms with Gasteiger partial charge in [-0.15, -0.1) is 16.4 Å². The van der Waals surface area contributed by atoms with Crippen molar-refractivity contribution in [2.45, 2.75) is 51.6 Å². The van der Waals surface area contributed by atoms with E-state index in [1.54, 1.807) is 0 Å². The fourth-order valence-electron chi connectivity index (χ4n) is 7.15. The second kappa shape index (κ2) is 12.7. The van der Waals surface area contributed by atoms with Crippen LogP contribution in [0.5, 0.6) is 6.01 Å². The van der Waals surface area contributed by atoms with Gasteiger partial charge in [-0.05, 0) is 43.9 Å². The molecule has 3 aromatic heterocycles. The highest BCUT2D eigenvalue weighted by molar-refractivity contribution is 7.23. The lowest BCUT2D eigenvalue weighted by Gasteiger charge is -2.53. The molecule has 2 aliphatic rings. The minimum Gasteiger partial charge on any atom is -0.467 e. The summed E-state index contributed by atoms with van der Waals surface area (Å²) in [6, 6.07) is 3.73. The van der Waals surface area contributed by atoms with Gasteiger partial charge in [0, 0.05) is 41.4 Å². The molecule has 0 bridgehead atoms. The molecule has 2 aromatic carbocycles. The Morgan fingerprint density at radius 2 is 2.02 bits per heavy atom. The first-order valence-corrected chi connectivity index (χ1v) is 17.1. The molecule has 7 rings (SSSR count). The molecule has 0 spiro atoms. The first kappa shape index (κ1) is 34.6. The number of nitriles is 1. The Morgan fingerprint density at radius 1 is 1.27 bits per heavy atom. The molecule has 2 N–H and O–H groups in total. The van der Waals surface area contributed by atoms with E-state index in [1.807, 2.05) is 24.8 Å². The van der Waals surface area contributed by atoms with Crippen molar-refractivity contribution in [1.82, 2.24) is 29.6 Å². The average Bonchev–Trinajstić information content (AvgIpc) is 3.63. The van der Waals surface area contributed by atoms with Gasteiger partial charge in [0.2, 0.25) is 6.43 Å². The number of rotatable bonds is 9. The predicted molar refractivity (Wildman–Crippen MR) is 180 cm³/mol. The van der Waals surface area contributed by atoms with Crippen LogP contribution in [0.4, 0.5) is 37.6 Å². The number of carbonyl (C=O) groups excluding carboxylic acids is 1. The van der Waals surface area contributed by atoms with Gasteiger partial charge < -0.3 is 20.3 Å². The highest BCUT2D eigenvalue weighted by Crippen LogP contribution is 2.60. The van der Waals surface area contributed by atoms with Crippen molar-refractivity contribution in [3.05, 3.63) is 52.8 Å². The van der Waals surface area contributed by atoms with Gasteiger partial charge in [-0.1, -0.05) is 24.6 Å². The summed E-state index contributed by atoms with van der Waals surface area (Å²) in [5, 5.41) is 13.5. The molecule has 1 saturated heterocycles. The SMILES string of the molecule is CCC(C)N(CC1CN(C(=O)n2cnc(F)n2)C1C1(C(F)F)CC1)c1nc(OC)nc2c(F)c(-c3ccc(F)c4sc(N)c(C#N)c34)c(Cl)cc12. The molecule has 1 aliphatic carbocycles. The van der Waals surface area contributed by atoms with Crippen LogP contribution in [0.15, 0.2) is 24.5 Å². The number of nitrogens with zero attached hydrogens (tertiary/aromatic N) is 8. The van der Waals surface area contributed by atoms with E-state index in [1.165, 1.54) is 24.1 Å². The summed E-state index contributed by atoms with van der Waals surface area (Å²) in [5.74, 6) is -1.81. The van der Waals surface area contributed by atoms with Crippen LogP contribution in [0.2, 0.25) is 5.02 Å². The van der Waals surface area contributed by atoms with E-state index in [2.05, 4.69) is 20.1 Å². The Bertz CT molecular complexity index is 2260.